The Bertz CT molecular complexity index is 544. The number of likely N-dealkylation sites (N-methyl/N-ethyl adjacent to an activating group) is 1. The molecule has 1 aliphatic rings. The van der Waals surface area contributed by atoms with Gasteiger partial charge < -0.3 is 14.2 Å². The van der Waals surface area contributed by atoms with Crippen LogP contribution in [0.1, 0.15) is 22.7 Å². The van der Waals surface area contributed by atoms with E-state index in [0.717, 1.165) is 24.5 Å². The predicted octanol–water partition coefficient (Wildman–Crippen LogP) is 1.38. The summed E-state index contributed by atoms with van der Waals surface area (Å²) in [6.45, 7) is 3.28. The molecule has 1 fully saturated rings. The molecule has 1 aromatic heterocycles. The second kappa shape index (κ2) is 8.40. The van der Waals surface area contributed by atoms with Crippen molar-refractivity contribution in [2.45, 2.75) is 12.2 Å². The Hall–Kier alpha value is -1.47. The van der Waals surface area contributed by atoms with Gasteiger partial charge in [0, 0.05) is 40.3 Å². The van der Waals surface area contributed by atoms with Crippen molar-refractivity contribution in [3.8, 4) is 0 Å². The summed E-state index contributed by atoms with van der Waals surface area (Å²) in [6, 6.07) is 3.62. The molecule has 0 bridgehead atoms. The maximum absolute atomic E-state index is 12.5. The minimum Gasteiger partial charge on any atom is -0.455 e. The Labute approximate surface area is 141 Å². The molecule has 0 radical (unpaired) electrons. The van der Waals surface area contributed by atoms with Crippen LogP contribution in [0.25, 0.3) is 0 Å². The van der Waals surface area contributed by atoms with Crippen molar-refractivity contribution in [3.05, 3.63) is 23.7 Å². The molecule has 2 rings (SSSR count). The minimum atomic E-state index is -0.0573. The van der Waals surface area contributed by atoms with E-state index in [-0.39, 0.29) is 11.8 Å². The zero-order valence-electron chi connectivity index (χ0n) is 14.1. The quantitative estimate of drug-likeness (QED) is 0.811. The van der Waals surface area contributed by atoms with E-state index in [1.807, 2.05) is 17.2 Å². The molecule has 0 aromatic carbocycles. The van der Waals surface area contributed by atoms with E-state index in [1.165, 1.54) is 0 Å². The standard InChI is InChI=1S/C16H25N3O3S/c1-17(2)15(20)11-18-7-4-8-19(10-9-18)16(21)14-6-5-13(22-14)12-23-3/h5-6H,4,7-12H2,1-3H3. The fourth-order valence-corrected chi connectivity index (χ4v) is 2.97. The number of amides is 2. The van der Waals surface area contributed by atoms with Crippen molar-refractivity contribution in [1.29, 1.82) is 0 Å². The van der Waals surface area contributed by atoms with Crippen LogP contribution in [-0.2, 0) is 10.5 Å². The highest BCUT2D eigenvalue weighted by molar-refractivity contribution is 7.97. The number of thioether (sulfide) groups is 1. The molecule has 2 heterocycles. The van der Waals surface area contributed by atoms with Crippen LogP contribution < -0.4 is 0 Å². The van der Waals surface area contributed by atoms with Crippen LogP contribution in [0.2, 0.25) is 0 Å². The molecule has 6 nitrogen and oxygen atoms in total. The molecule has 1 aliphatic heterocycles. The van der Waals surface area contributed by atoms with Crippen molar-refractivity contribution >= 4 is 23.6 Å². The van der Waals surface area contributed by atoms with Gasteiger partial charge in [0.15, 0.2) is 5.76 Å². The van der Waals surface area contributed by atoms with Gasteiger partial charge in [-0.25, -0.2) is 0 Å². The highest BCUT2D eigenvalue weighted by Crippen LogP contribution is 2.16. The molecule has 1 saturated heterocycles. The van der Waals surface area contributed by atoms with Crippen LogP contribution in [0, 0.1) is 0 Å². The summed E-state index contributed by atoms with van der Waals surface area (Å²) in [5.74, 6) is 2.05. The van der Waals surface area contributed by atoms with E-state index in [9.17, 15) is 9.59 Å². The molecule has 0 unspecified atom stereocenters. The fourth-order valence-electron chi connectivity index (χ4n) is 2.53. The third-order valence-corrected chi connectivity index (χ3v) is 4.47. The maximum atomic E-state index is 12.5. The first-order chi connectivity index (χ1) is 11.0. The predicted molar refractivity (Wildman–Crippen MR) is 91.6 cm³/mol. The van der Waals surface area contributed by atoms with E-state index in [0.29, 0.717) is 31.9 Å². The molecular weight excluding hydrogens is 314 g/mol. The van der Waals surface area contributed by atoms with Gasteiger partial charge in [0.2, 0.25) is 5.91 Å². The van der Waals surface area contributed by atoms with Crippen molar-refractivity contribution in [3.63, 3.8) is 0 Å². The molecule has 7 heteroatoms. The summed E-state index contributed by atoms with van der Waals surface area (Å²) in [5.41, 5.74) is 0. The average Bonchev–Trinajstić information content (AvgIpc) is 2.86. The maximum Gasteiger partial charge on any atom is 0.289 e. The summed E-state index contributed by atoms with van der Waals surface area (Å²) in [6.07, 6.45) is 2.87. The average molecular weight is 339 g/mol. The van der Waals surface area contributed by atoms with Crippen LogP contribution in [0.15, 0.2) is 16.5 Å². The Kier molecular flexibility index (Phi) is 6.53. The largest absolute Gasteiger partial charge is 0.455 e. The normalized spacial score (nSPS) is 16.2. The van der Waals surface area contributed by atoms with E-state index in [4.69, 9.17) is 4.42 Å². The summed E-state index contributed by atoms with van der Waals surface area (Å²) >= 11 is 1.67. The lowest BCUT2D eigenvalue weighted by atomic mass is 10.3. The first-order valence-electron chi connectivity index (χ1n) is 7.80. The van der Waals surface area contributed by atoms with Crippen LogP contribution in [-0.4, -0.2) is 79.6 Å². The van der Waals surface area contributed by atoms with Gasteiger partial charge in [-0.3, -0.25) is 14.5 Å². The second-order valence-corrected chi connectivity index (χ2v) is 6.78. The molecule has 0 N–H and O–H groups in total. The van der Waals surface area contributed by atoms with Crippen molar-refractivity contribution in [1.82, 2.24) is 14.7 Å². The monoisotopic (exact) mass is 339 g/mol. The SMILES string of the molecule is CSCc1ccc(C(=O)N2CCCN(CC(=O)N(C)C)CC2)o1. The van der Waals surface area contributed by atoms with Gasteiger partial charge in [-0.1, -0.05) is 0 Å². The Balaban J connectivity index is 1.91. The molecular formula is C16H25N3O3S. The number of carbonyl (C=O) groups excluding carboxylic acids is 2. The molecule has 0 spiro atoms. The summed E-state index contributed by atoms with van der Waals surface area (Å²) in [5, 5.41) is 0. The molecule has 1 aromatic rings. The highest BCUT2D eigenvalue weighted by atomic mass is 32.2. The zero-order valence-corrected chi connectivity index (χ0v) is 14.9. The lowest BCUT2D eigenvalue weighted by molar-refractivity contribution is -0.129. The van der Waals surface area contributed by atoms with Gasteiger partial charge >= 0.3 is 0 Å². The van der Waals surface area contributed by atoms with Gasteiger partial charge in [0.05, 0.1) is 12.3 Å². The highest BCUT2D eigenvalue weighted by Gasteiger charge is 2.23. The van der Waals surface area contributed by atoms with Crippen LogP contribution in [0.4, 0.5) is 0 Å². The topological polar surface area (TPSA) is 57.0 Å². The first-order valence-corrected chi connectivity index (χ1v) is 9.20. The third-order valence-electron chi connectivity index (χ3n) is 3.89. The van der Waals surface area contributed by atoms with Gasteiger partial charge in [-0.2, -0.15) is 11.8 Å². The summed E-state index contributed by atoms with van der Waals surface area (Å²) in [7, 11) is 3.53. The second-order valence-electron chi connectivity index (χ2n) is 5.91. The van der Waals surface area contributed by atoms with Gasteiger partial charge in [0.1, 0.15) is 5.76 Å². The lowest BCUT2D eigenvalue weighted by Crippen LogP contribution is -2.39. The number of hydrogen-bond acceptors (Lipinski definition) is 5. The molecule has 23 heavy (non-hydrogen) atoms. The van der Waals surface area contributed by atoms with Gasteiger partial charge in [-0.15, -0.1) is 0 Å². The minimum absolute atomic E-state index is 0.0573. The molecule has 0 aliphatic carbocycles. The molecule has 0 saturated carbocycles. The van der Waals surface area contributed by atoms with Crippen LogP contribution in [0.5, 0.6) is 0 Å². The third kappa shape index (κ3) is 5.00. The smallest absolute Gasteiger partial charge is 0.289 e. The summed E-state index contributed by atoms with van der Waals surface area (Å²) in [4.78, 5) is 29.9. The van der Waals surface area contributed by atoms with E-state index in [2.05, 4.69) is 4.90 Å². The van der Waals surface area contributed by atoms with Crippen molar-refractivity contribution in [2.24, 2.45) is 0 Å². The summed E-state index contributed by atoms with van der Waals surface area (Å²) < 4.78 is 5.62. The number of hydrogen-bond donors (Lipinski definition) is 0. The van der Waals surface area contributed by atoms with Gasteiger partial charge in [-0.05, 0) is 24.8 Å². The van der Waals surface area contributed by atoms with Crippen molar-refractivity contribution in [2.75, 3.05) is 53.1 Å². The number of furan rings is 1. The van der Waals surface area contributed by atoms with Crippen molar-refractivity contribution < 1.29 is 14.0 Å². The Morgan fingerprint density at radius 2 is 2.00 bits per heavy atom. The van der Waals surface area contributed by atoms with Crippen LogP contribution in [0.3, 0.4) is 0 Å². The van der Waals surface area contributed by atoms with Crippen LogP contribution >= 0.6 is 11.8 Å². The lowest BCUT2D eigenvalue weighted by Gasteiger charge is -2.22. The first kappa shape index (κ1) is 17.9. The zero-order chi connectivity index (χ0) is 16.8. The van der Waals surface area contributed by atoms with E-state index < -0.39 is 0 Å². The number of rotatable bonds is 5. The number of carbonyl (C=O) groups is 2. The molecule has 0 atom stereocenters. The fraction of sp³-hybridized carbons (Fsp3) is 0.625. The van der Waals surface area contributed by atoms with E-state index in [1.54, 1.807) is 36.8 Å². The Morgan fingerprint density at radius 1 is 1.22 bits per heavy atom. The number of nitrogens with zero attached hydrogens (tertiary/aromatic N) is 3. The Morgan fingerprint density at radius 3 is 2.70 bits per heavy atom. The van der Waals surface area contributed by atoms with E-state index >= 15 is 0 Å². The molecule has 2 amide bonds. The van der Waals surface area contributed by atoms with Gasteiger partial charge in [0.25, 0.3) is 5.91 Å². The molecule has 128 valence electrons.